The third-order valence-corrected chi connectivity index (χ3v) is 5.82. The number of nitrogens with zero attached hydrogens (tertiary/aromatic N) is 2. The highest BCUT2D eigenvalue weighted by Crippen LogP contribution is 2.42. The van der Waals surface area contributed by atoms with Gasteiger partial charge >= 0.3 is 11.9 Å². The van der Waals surface area contributed by atoms with Gasteiger partial charge in [-0.05, 0) is 36.4 Å². The first-order chi connectivity index (χ1) is 17.7. The van der Waals surface area contributed by atoms with Gasteiger partial charge in [0.1, 0.15) is 17.1 Å². The molecule has 1 aliphatic heterocycles. The van der Waals surface area contributed by atoms with Crippen LogP contribution in [0.3, 0.4) is 0 Å². The molecule has 2 N–H and O–H groups in total. The summed E-state index contributed by atoms with van der Waals surface area (Å²) >= 11 is 0. The summed E-state index contributed by atoms with van der Waals surface area (Å²) < 4.78 is 10.2. The van der Waals surface area contributed by atoms with Crippen LogP contribution in [0.5, 0.6) is 5.75 Å². The van der Waals surface area contributed by atoms with Crippen molar-refractivity contribution in [2.45, 2.75) is 5.66 Å². The summed E-state index contributed by atoms with van der Waals surface area (Å²) in [6.45, 7) is 0. The number of methoxy groups -OCH3 is 2. The number of anilines is 2. The van der Waals surface area contributed by atoms with E-state index in [1.54, 1.807) is 18.2 Å². The number of hydrogen-bond donors (Lipinski definition) is 2. The second kappa shape index (κ2) is 9.82. The zero-order chi connectivity index (χ0) is 26.7. The van der Waals surface area contributed by atoms with E-state index in [2.05, 4.69) is 5.32 Å². The minimum Gasteiger partial charge on any atom is -0.507 e. The van der Waals surface area contributed by atoms with Crippen LogP contribution < -0.4 is 15.0 Å². The molecule has 3 aromatic carbocycles. The molecule has 1 atom stereocenters. The minimum atomic E-state index is -2.37. The fourth-order valence-electron chi connectivity index (χ4n) is 4.08. The predicted molar refractivity (Wildman–Crippen MR) is 133 cm³/mol. The summed E-state index contributed by atoms with van der Waals surface area (Å²) in [7, 11) is 2.52. The van der Waals surface area contributed by atoms with Crippen molar-refractivity contribution in [3.63, 3.8) is 0 Å². The fraction of sp³-hybridized carbons (Fsp3) is 0.115. The van der Waals surface area contributed by atoms with Gasteiger partial charge in [-0.1, -0.05) is 30.3 Å². The van der Waals surface area contributed by atoms with Gasteiger partial charge in [0.15, 0.2) is 0 Å². The standard InChI is InChI=1S/C26H21N3O8/c1-36-20-14-12-18(13-15-20)28-24(32)23(31)21(22(30)16-6-4-3-5-7-16)26(28,25(33)37-2)27-17-8-10-19(11-9-17)29(34)35/h3-15,27,30H,1-2H3/b22-21+. The van der Waals surface area contributed by atoms with Gasteiger partial charge in [-0.2, -0.15) is 0 Å². The average Bonchev–Trinajstić information content (AvgIpc) is 3.15. The summed E-state index contributed by atoms with van der Waals surface area (Å²) in [5.74, 6) is -3.50. The Balaban J connectivity index is 2.01. The number of carbonyl (C=O) groups is 3. The summed E-state index contributed by atoms with van der Waals surface area (Å²) in [6, 6.07) is 18.9. The van der Waals surface area contributed by atoms with E-state index in [-0.39, 0.29) is 22.6 Å². The van der Waals surface area contributed by atoms with Crippen molar-refractivity contribution in [1.29, 1.82) is 0 Å². The quantitative estimate of drug-likeness (QED) is 0.123. The number of ether oxygens (including phenoxy) is 2. The summed E-state index contributed by atoms with van der Waals surface area (Å²) in [5.41, 5.74) is -2.72. The lowest BCUT2D eigenvalue weighted by molar-refractivity contribution is -0.384. The lowest BCUT2D eigenvalue weighted by Crippen LogP contribution is -2.59. The maximum absolute atomic E-state index is 13.6. The molecule has 1 saturated heterocycles. The Morgan fingerprint density at radius 3 is 2.14 bits per heavy atom. The molecule has 0 radical (unpaired) electrons. The molecule has 0 saturated carbocycles. The van der Waals surface area contributed by atoms with E-state index in [0.29, 0.717) is 5.75 Å². The number of ketones is 1. The first-order valence-electron chi connectivity index (χ1n) is 10.9. The topological polar surface area (TPSA) is 148 Å². The molecular formula is C26H21N3O8. The number of nitro groups is 1. The molecule has 1 aliphatic rings. The number of aliphatic hydroxyl groups excluding tert-OH is 1. The molecule has 1 amide bonds. The molecule has 4 rings (SSSR count). The highest BCUT2D eigenvalue weighted by molar-refractivity contribution is 6.54. The smallest absolute Gasteiger partial charge is 0.358 e. The van der Waals surface area contributed by atoms with Crippen LogP contribution >= 0.6 is 0 Å². The Morgan fingerprint density at radius 2 is 1.59 bits per heavy atom. The third-order valence-electron chi connectivity index (χ3n) is 5.82. The second-order valence-electron chi connectivity index (χ2n) is 7.89. The van der Waals surface area contributed by atoms with Crippen molar-refractivity contribution < 1.29 is 33.9 Å². The first kappa shape index (κ1) is 24.9. The Labute approximate surface area is 210 Å². The van der Waals surface area contributed by atoms with Crippen LogP contribution in [0.2, 0.25) is 0 Å². The molecule has 0 spiro atoms. The fourth-order valence-corrected chi connectivity index (χ4v) is 4.08. The van der Waals surface area contributed by atoms with E-state index in [1.807, 2.05) is 0 Å². The molecule has 0 bridgehead atoms. The summed E-state index contributed by atoms with van der Waals surface area (Å²) in [4.78, 5) is 51.8. The molecule has 11 nitrogen and oxygen atoms in total. The van der Waals surface area contributed by atoms with Crippen molar-refractivity contribution in [2.75, 3.05) is 24.4 Å². The van der Waals surface area contributed by atoms with E-state index in [1.165, 1.54) is 67.8 Å². The van der Waals surface area contributed by atoms with Gasteiger partial charge in [0.2, 0.25) is 0 Å². The zero-order valence-corrected chi connectivity index (χ0v) is 19.7. The highest BCUT2D eigenvalue weighted by Gasteiger charge is 2.63. The lowest BCUT2D eigenvalue weighted by atomic mass is 9.94. The van der Waals surface area contributed by atoms with Gasteiger partial charge in [-0.3, -0.25) is 24.6 Å². The number of nitro benzene ring substituents is 1. The normalized spacial score (nSPS) is 18.4. The van der Waals surface area contributed by atoms with E-state index in [4.69, 9.17) is 9.47 Å². The Bertz CT molecular complexity index is 1400. The number of Topliss-reactive ketones (excluding diaryl/α,β-unsaturated/α-hetero) is 1. The van der Waals surface area contributed by atoms with Crippen LogP contribution in [0.25, 0.3) is 5.76 Å². The largest absolute Gasteiger partial charge is 0.507 e. The van der Waals surface area contributed by atoms with Gasteiger partial charge in [-0.15, -0.1) is 0 Å². The van der Waals surface area contributed by atoms with Crippen LogP contribution in [0.4, 0.5) is 17.1 Å². The van der Waals surface area contributed by atoms with Crippen molar-refractivity contribution in [3.8, 4) is 5.75 Å². The predicted octanol–water partition coefficient (Wildman–Crippen LogP) is 3.47. The third kappa shape index (κ3) is 4.22. The number of hydrogen-bond acceptors (Lipinski definition) is 9. The van der Waals surface area contributed by atoms with Crippen LogP contribution in [0.15, 0.2) is 84.4 Å². The number of non-ortho nitro benzene ring substituents is 1. The van der Waals surface area contributed by atoms with Gasteiger partial charge < -0.3 is 19.9 Å². The number of esters is 1. The van der Waals surface area contributed by atoms with Gasteiger partial charge in [-0.25, -0.2) is 4.79 Å². The molecule has 3 aromatic rings. The Kier molecular flexibility index (Phi) is 6.61. The van der Waals surface area contributed by atoms with Gasteiger partial charge in [0.05, 0.1) is 19.1 Å². The van der Waals surface area contributed by atoms with Crippen LogP contribution in [-0.2, 0) is 19.1 Å². The first-order valence-corrected chi connectivity index (χ1v) is 10.9. The van der Waals surface area contributed by atoms with Crippen LogP contribution in [0.1, 0.15) is 5.56 Å². The average molecular weight is 503 g/mol. The second-order valence-corrected chi connectivity index (χ2v) is 7.89. The van der Waals surface area contributed by atoms with E-state index in [9.17, 15) is 29.6 Å². The summed E-state index contributed by atoms with van der Waals surface area (Å²) in [6.07, 6.45) is 0. The van der Waals surface area contributed by atoms with Gasteiger partial charge in [0, 0.05) is 29.1 Å². The molecule has 11 heteroatoms. The molecule has 37 heavy (non-hydrogen) atoms. The molecular weight excluding hydrogens is 482 g/mol. The Morgan fingerprint density at radius 1 is 0.973 bits per heavy atom. The van der Waals surface area contributed by atoms with Crippen molar-refractivity contribution in [2.24, 2.45) is 0 Å². The molecule has 1 unspecified atom stereocenters. The molecule has 0 aromatic heterocycles. The van der Waals surface area contributed by atoms with Crippen LogP contribution in [0, 0.1) is 10.1 Å². The molecule has 0 aliphatic carbocycles. The number of rotatable bonds is 7. The zero-order valence-electron chi connectivity index (χ0n) is 19.7. The monoisotopic (exact) mass is 503 g/mol. The Hall–Kier alpha value is -5.19. The van der Waals surface area contributed by atoms with Crippen molar-refractivity contribution >= 4 is 40.5 Å². The number of benzene rings is 3. The molecule has 188 valence electrons. The number of aliphatic hydroxyl groups is 1. The van der Waals surface area contributed by atoms with E-state index < -0.39 is 39.6 Å². The number of amides is 1. The highest BCUT2D eigenvalue weighted by atomic mass is 16.6. The maximum Gasteiger partial charge on any atom is 0.358 e. The van der Waals surface area contributed by atoms with Gasteiger partial charge in [0.25, 0.3) is 17.1 Å². The number of nitrogens with one attached hydrogen (secondary N) is 1. The summed E-state index contributed by atoms with van der Waals surface area (Å²) in [5, 5.41) is 25.2. The lowest BCUT2D eigenvalue weighted by Gasteiger charge is -2.37. The van der Waals surface area contributed by atoms with E-state index in [0.717, 1.165) is 12.0 Å². The SMILES string of the molecule is COC(=O)C1(Nc2ccc([N+](=O)[O-])cc2)/C(=C(/O)c2ccccc2)C(=O)C(=O)N1c1ccc(OC)cc1. The minimum absolute atomic E-state index is 0.120. The molecule has 1 heterocycles. The van der Waals surface area contributed by atoms with E-state index >= 15 is 0 Å². The number of carbonyl (C=O) groups excluding carboxylic acids is 3. The maximum atomic E-state index is 13.6. The van der Waals surface area contributed by atoms with Crippen LogP contribution in [-0.4, -0.2) is 47.6 Å². The molecule has 1 fully saturated rings. The van der Waals surface area contributed by atoms with Crippen molar-refractivity contribution in [1.82, 2.24) is 0 Å². The van der Waals surface area contributed by atoms with Crippen molar-refractivity contribution in [3.05, 3.63) is 100 Å².